The maximum absolute atomic E-state index is 12.3. The summed E-state index contributed by atoms with van der Waals surface area (Å²) < 4.78 is 8.05. The predicted octanol–water partition coefficient (Wildman–Crippen LogP) is -0.734. The van der Waals surface area contributed by atoms with E-state index in [0.717, 1.165) is 39.1 Å². The van der Waals surface area contributed by atoms with Gasteiger partial charge in [0, 0.05) is 59.2 Å². The van der Waals surface area contributed by atoms with Crippen LogP contribution in [0.1, 0.15) is 6.42 Å². The summed E-state index contributed by atoms with van der Waals surface area (Å²) in [6.07, 6.45) is 2.57. The second-order valence-corrected chi connectivity index (χ2v) is 6.75. The minimum absolute atomic E-state index is 0.0656. The summed E-state index contributed by atoms with van der Waals surface area (Å²) in [5, 5.41) is 7.28. The van der Waals surface area contributed by atoms with Gasteiger partial charge in [-0.25, -0.2) is 9.48 Å². The van der Waals surface area contributed by atoms with Gasteiger partial charge in [0.05, 0.1) is 13.1 Å². The molecule has 1 N–H and O–H groups in total. The molecular formula is C18H28N6O3. The van der Waals surface area contributed by atoms with Gasteiger partial charge in [-0.05, 0) is 18.6 Å². The first kappa shape index (κ1) is 19.5. The lowest BCUT2D eigenvalue weighted by Crippen LogP contribution is -2.50. The summed E-state index contributed by atoms with van der Waals surface area (Å²) in [7, 11) is 1.66. The van der Waals surface area contributed by atoms with E-state index in [1.54, 1.807) is 17.7 Å². The van der Waals surface area contributed by atoms with Crippen molar-refractivity contribution in [3.05, 3.63) is 34.9 Å². The van der Waals surface area contributed by atoms with E-state index >= 15 is 0 Å². The summed E-state index contributed by atoms with van der Waals surface area (Å²) in [6.45, 7) is 6.58. The van der Waals surface area contributed by atoms with Crippen LogP contribution in [0, 0.1) is 0 Å². The molecule has 0 atom stereocenters. The number of carbonyl (C=O) groups is 1. The van der Waals surface area contributed by atoms with Crippen LogP contribution in [-0.4, -0.2) is 89.4 Å². The van der Waals surface area contributed by atoms with Gasteiger partial charge < -0.3 is 10.1 Å². The normalized spacial score (nSPS) is 16.0. The van der Waals surface area contributed by atoms with Crippen molar-refractivity contribution in [2.75, 3.05) is 59.5 Å². The predicted molar refractivity (Wildman–Crippen MR) is 102 cm³/mol. The fourth-order valence-corrected chi connectivity index (χ4v) is 3.22. The summed E-state index contributed by atoms with van der Waals surface area (Å²) in [5.74, 6) is 0.0656. The molecular weight excluding hydrogens is 348 g/mol. The summed E-state index contributed by atoms with van der Waals surface area (Å²) in [5.41, 5.74) is 0.568. The molecule has 9 nitrogen and oxygen atoms in total. The average molecular weight is 376 g/mol. The van der Waals surface area contributed by atoms with Gasteiger partial charge in [0.2, 0.25) is 5.91 Å². The highest BCUT2D eigenvalue weighted by Gasteiger charge is 2.19. The molecule has 2 aromatic heterocycles. The molecule has 0 aromatic carbocycles. The van der Waals surface area contributed by atoms with Crippen molar-refractivity contribution in [1.82, 2.24) is 29.3 Å². The lowest BCUT2D eigenvalue weighted by molar-refractivity contribution is -0.122. The molecule has 27 heavy (non-hydrogen) atoms. The number of nitrogens with one attached hydrogen (secondary N) is 1. The maximum atomic E-state index is 12.3. The highest BCUT2D eigenvalue weighted by Crippen LogP contribution is 2.02. The van der Waals surface area contributed by atoms with Crippen molar-refractivity contribution in [2.24, 2.45) is 0 Å². The molecule has 0 saturated carbocycles. The Morgan fingerprint density at radius 1 is 1.19 bits per heavy atom. The highest BCUT2D eigenvalue weighted by atomic mass is 16.5. The summed E-state index contributed by atoms with van der Waals surface area (Å²) >= 11 is 0. The van der Waals surface area contributed by atoms with Crippen molar-refractivity contribution >= 4 is 11.6 Å². The van der Waals surface area contributed by atoms with Crippen LogP contribution in [0.2, 0.25) is 0 Å². The van der Waals surface area contributed by atoms with E-state index in [1.807, 2.05) is 18.2 Å². The summed E-state index contributed by atoms with van der Waals surface area (Å²) in [4.78, 5) is 28.7. The number of hydrogen-bond donors (Lipinski definition) is 1. The molecule has 1 saturated heterocycles. The number of pyridine rings is 1. The minimum Gasteiger partial charge on any atom is -0.385 e. The zero-order chi connectivity index (χ0) is 19.1. The number of nitrogens with zero attached hydrogens (tertiary/aromatic N) is 5. The Morgan fingerprint density at radius 3 is 2.70 bits per heavy atom. The van der Waals surface area contributed by atoms with E-state index in [-0.39, 0.29) is 11.6 Å². The molecule has 1 fully saturated rings. The standard InChI is InChI=1S/C18H28N6O3/c1-27-14-4-6-19-17(25)15-22-10-8-21(9-11-22)12-13-24-18(26)23-7-3-2-5-16(23)20-24/h2-3,5,7H,4,6,8-15H2,1H3,(H,19,25). The number of methoxy groups -OCH3 is 1. The van der Waals surface area contributed by atoms with Crippen LogP contribution in [0.25, 0.3) is 5.65 Å². The summed E-state index contributed by atoms with van der Waals surface area (Å²) in [6, 6.07) is 5.53. The first-order chi connectivity index (χ1) is 13.2. The van der Waals surface area contributed by atoms with E-state index in [4.69, 9.17) is 4.74 Å². The monoisotopic (exact) mass is 376 g/mol. The van der Waals surface area contributed by atoms with Crippen molar-refractivity contribution < 1.29 is 9.53 Å². The van der Waals surface area contributed by atoms with Crippen LogP contribution in [0.5, 0.6) is 0 Å². The van der Waals surface area contributed by atoms with E-state index in [2.05, 4.69) is 20.2 Å². The second-order valence-electron chi connectivity index (χ2n) is 6.75. The molecule has 3 heterocycles. The number of piperazine rings is 1. The van der Waals surface area contributed by atoms with E-state index in [0.29, 0.717) is 31.9 Å². The topological polar surface area (TPSA) is 84.1 Å². The van der Waals surface area contributed by atoms with Crippen molar-refractivity contribution in [2.45, 2.75) is 13.0 Å². The number of amides is 1. The van der Waals surface area contributed by atoms with Crippen LogP contribution in [0.4, 0.5) is 0 Å². The number of rotatable bonds is 9. The Kier molecular flexibility index (Phi) is 6.97. The van der Waals surface area contributed by atoms with Crippen molar-refractivity contribution in [3.63, 3.8) is 0 Å². The van der Waals surface area contributed by atoms with Crippen LogP contribution < -0.4 is 11.0 Å². The fraction of sp³-hybridized carbons (Fsp3) is 0.611. The molecule has 1 aliphatic rings. The maximum Gasteiger partial charge on any atom is 0.350 e. The Bertz CT molecular complexity index is 794. The average Bonchev–Trinajstić information content (AvgIpc) is 3.01. The largest absolute Gasteiger partial charge is 0.385 e. The Morgan fingerprint density at radius 2 is 1.96 bits per heavy atom. The number of hydrogen-bond acceptors (Lipinski definition) is 6. The fourth-order valence-electron chi connectivity index (χ4n) is 3.22. The third-order valence-electron chi connectivity index (χ3n) is 4.80. The van der Waals surface area contributed by atoms with E-state index in [9.17, 15) is 9.59 Å². The molecule has 2 aromatic rings. The molecule has 0 aliphatic carbocycles. The molecule has 1 amide bonds. The van der Waals surface area contributed by atoms with Gasteiger partial charge in [0.15, 0.2) is 5.65 Å². The molecule has 9 heteroatoms. The van der Waals surface area contributed by atoms with Gasteiger partial charge in [0.25, 0.3) is 0 Å². The lowest BCUT2D eigenvalue weighted by Gasteiger charge is -2.34. The zero-order valence-electron chi connectivity index (χ0n) is 15.8. The highest BCUT2D eigenvalue weighted by molar-refractivity contribution is 5.77. The van der Waals surface area contributed by atoms with Crippen LogP contribution in [0.3, 0.4) is 0 Å². The van der Waals surface area contributed by atoms with Crippen LogP contribution in [-0.2, 0) is 16.1 Å². The van der Waals surface area contributed by atoms with Crippen molar-refractivity contribution in [1.29, 1.82) is 0 Å². The molecule has 0 radical (unpaired) electrons. The first-order valence-corrected chi connectivity index (χ1v) is 9.42. The Hall–Kier alpha value is -2.23. The van der Waals surface area contributed by atoms with Gasteiger partial charge in [-0.3, -0.25) is 19.0 Å². The van der Waals surface area contributed by atoms with Crippen LogP contribution in [0.15, 0.2) is 29.2 Å². The van der Waals surface area contributed by atoms with Gasteiger partial charge >= 0.3 is 5.69 Å². The van der Waals surface area contributed by atoms with Crippen molar-refractivity contribution in [3.8, 4) is 0 Å². The van der Waals surface area contributed by atoms with Gasteiger partial charge in [-0.15, -0.1) is 5.10 Å². The molecule has 148 valence electrons. The van der Waals surface area contributed by atoms with E-state index < -0.39 is 0 Å². The first-order valence-electron chi connectivity index (χ1n) is 9.42. The van der Waals surface area contributed by atoms with Gasteiger partial charge in [0.1, 0.15) is 0 Å². The van der Waals surface area contributed by atoms with E-state index in [1.165, 1.54) is 4.68 Å². The SMILES string of the molecule is COCCCNC(=O)CN1CCN(CCn2nc3ccccn3c2=O)CC1. The molecule has 1 aliphatic heterocycles. The number of aromatic nitrogens is 3. The number of carbonyl (C=O) groups excluding carboxylic acids is 1. The smallest absolute Gasteiger partial charge is 0.350 e. The lowest BCUT2D eigenvalue weighted by atomic mass is 10.3. The molecule has 0 unspecified atom stereocenters. The Labute approximate surface area is 158 Å². The molecule has 0 spiro atoms. The molecule has 3 rings (SSSR count). The minimum atomic E-state index is -0.102. The second kappa shape index (κ2) is 9.63. The molecule has 0 bridgehead atoms. The number of ether oxygens (including phenoxy) is 1. The Balaban J connectivity index is 1.38. The third kappa shape index (κ3) is 5.38. The quantitative estimate of drug-likeness (QED) is 0.581. The zero-order valence-corrected chi connectivity index (χ0v) is 15.8. The third-order valence-corrected chi connectivity index (χ3v) is 4.80. The number of fused-ring (bicyclic) bond motifs is 1. The van der Waals surface area contributed by atoms with Gasteiger partial charge in [-0.2, -0.15) is 0 Å². The van der Waals surface area contributed by atoms with Crippen LogP contribution >= 0.6 is 0 Å². The van der Waals surface area contributed by atoms with Gasteiger partial charge in [-0.1, -0.05) is 6.07 Å².